The molecule has 3 atom stereocenters. The minimum absolute atomic E-state index is 0.0836. The lowest BCUT2D eigenvalue weighted by atomic mass is 9.97. The lowest BCUT2D eigenvalue weighted by Gasteiger charge is -2.17. The van der Waals surface area contributed by atoms with E-state index in [1.165, 1.54) is 0 Å². The molecule has 14 heavy (non-hydrogen) atoms. The summed E-state index contributed by atoms with van der Waals surface area (Å²) in [4.78, 5) is 11.7. The molecule has 1 rings (SSSR count). The van der Waals surface area contributed by atoms with Crippen LogP contribution in [0.4, 0.5) is 0 Å². The van der Waals surface area contributed by atoms with Crippen molar-refractivity contribution in [2.24, 2.45) is 11.8 Å². The van der Waals surface area contributed by atoms with E-state index in [2.05, 4.69) is 23.5 Å². The zero-order valence-corrected chi connectivity index (χ0v) is 8.84. The summed E-state index contributed by atoms with van der Waals surface area (Å²) in [5, 5.41) is 6.14. The Morgan fingerprint density at radius 3 is 2.93 bits per heavy atom. The van der Waals surface area contributed by atoms with Crippen molar-refractivity contribution < 1.29 is 4.79 Å². The second kappa shape index (κ2) is 5.02. The number of terminal acetylenes is 1. The van der Waals surface area contributed by atoms with Gasteiger partial charge in [-0.15, -0.1) is 12.3 Å². The Morgan fingerprint density at radius 2 is 2.43 bits per heavy atom. The predicted octanol–water partition coefficient (Wildman–Crippen LogP) is 0.370. The van der Waals surface area contributed by atoms with E-state index < -0.39 is 0 Å². The minimum atomic E-state index is 0.0836. The number of carbonyl (C=O) groups excluding carboxylic acids is 1. The van der Waals surface area contributed by atoms with E-state index in [0.29, 0.717) is 12.3 Å². The molecule has 1 fully saturated rings. The van der Waals surface area contributed by atoms with Gasteiger partial charge in [-0.1, -0.05) is 6.92 Å². The Hall–Kier alpha value is -1.01. The highest BCUT2D eigenvalue weighted by atomic mass is 16.2. The second-order valence-corrected chi connectivity index (χ2v) is 4.06. The van der Waals surface area contributed by atoms with Crippen LogP contribution in [0.2, 0.25) is 0 Å². The molecule has 1 heterocycles. The lowest BCUT2D eigenvalue weighted by Crippen LogP contribution is -2.39. The van der Waals surface area contributed by atoms with Gasteiger partial charge in [-0.25, -0.2) is 0 Å². The summed E-state index contributed by atoms with van der Waals surface area (Å²) < 4.78 is 0. The summed E-state index contributed by atoms with van der Waals surface area (Å²) >= 11 is 0. The molecule has 3 nitrogen and oxygen atoms in total. The Labute approximate surface area is 85.6 Å². The SMILES string of the molecule is C#CCC(C)NC(=O)C1CNCC1C. The largest absolute Gasteiger partial charge is 0.352 e. The maximum Gasteiger partial charge on any atom is 0.224 e. The second-order valence-electron chi connectivity index (χ2n) is 4.06. The smallest absolute Gasteiger partial charge is 0.224 e. The van der Waals surface area contributed by atoms with Crippen LogP contribution in [0.25, 0.3) is 0 Å². The molecule has 1 saturated heterocycles. The molecule has 1 amide bonds. The standard InChI is InChI=1S/C11H18N2O/c1-4-5-9(3)13-11(14)10-7-12-6-8(10)2/h1,8-10,12H,5-7H2,2-3H3,(H,13,14). The fourth-order valence-corrected chi connectivity index (χ4v) is 1.74. The van der Waals surface area contributed by atoms with Gasteiger partial charge in [-0.05, 0) is 19.4 Å². The van der Waals surface area contributed by atoms with Gasteiger partial charge in [0.05, 0.1) is 5.92 Å². The molecular weight excluding hydrogens is 176 g/mol. The first-order chi connectivity index (χ1) is 6.65. The van der Waals surface area contributed by atoms with E-state index in [9.17, 15) is 4.79 Å². The maximum atomic E-state index is 11.7. The summed E-state index contributed by atoms with van der Waals surface area (Å²) in [5.74, 6) is 3.20. The summed E-state index contributed by atoms with van der Waals surface area (Å²) in [5.41, 5.74) is 0. The number of hydrogen-bond acceptors (Lipinski definition) is 2. The molecule has 0 aromatic rings. The van der Waals surface area contributed by atoms with Gasteiger partial charge in [0.15, 0.2) is 0 Å². The van der Waals surface area contributed by atoms with E-state index in [4.69, 9.17) is 6.42 Å². The molecule has 0 aliphatic carbocycles. The summed E-state index contributed by atoms with van der Waals surface area (Å²) in [7, 11) is 0. The van der Waals surface area contributed by atoms with Crippen molar-refractivity contribution in [1.82, 2.24) is 10.6 Å². The summed E-state index contributed by atoms with van der Waals surface area (Å²) in [6, 6.07) is 0.0836. The monoisotopic (exact) mass is 194 g/mol. The average Bonchev–Trinajstić information content (AvgIpc) is 2.51. The quantitative estimate of drug-likeness (QED) is 0.637. The van der Waals surface area contributed by atoms with Gasteiger partial charge >= 0.3 is 0 Å². The van der Waals surface area contributed by atoms with Gasteiger partial charge in [0.2, 0.25) is 5.91 Å². The van der Waals surface area contributed by atoms with E-state index in [0.717, 1.165) is 13.1 Å². The Balaban J connectivity index is 2.38. The van der Waals surface area contributed by atoms with Gasteiger partial charge in [-0.2, -0.15) is 0 Å². The van der Waals surface area contributed by atoms with Crippen molar-refractivity contribution in [1.29, 1.82) is 0 Å². The van der Waals surface area contributed by atoms with Crippen molar-refractivity contribution in [3.05, 3.63) is 0 Å². The molecule has 3 heteroatoms. The molecule has 0 saturated carbocycles. The van der Waals surface area contributed by atoms with E-state index >= 15 is 0 Å². The van der Waals surface area contributed by atoms with Crippen molar-refractivity contribution >= 4 is 5.91 Å². The van der Waals surface area contributed by atoms with E-state index in [1.54, 1.807) is 0 Å². The van der Waals surface area contributed by atoms with Crippen LogP contribution in [-0.2, 0) is 4.79 Å². The molecule has 1 aliphatic heterocycles. The first-order valence-electron chi connectivity index (χ1n) is 5.09. The molecule has 1 aliphatic rings. The highest BCUT2D eigenvalue weighted by Crippen LogP contribution is 2.15. The fourth-order valence-electron chi connectivity index (χ4n) is 1.74. The number of amides is 1. The van der Waals surface area contributed by atoms with E-state index in [-0.39, 0.29) is 17.9 Å². The van der Waals surface area contributed by atoms with Gasteiger partial charge in [0, 0.05) is 19.0 Å². The van der Waals surface area contributed by atoms with Crippen molar-refractivity contribution in [2.75, 3.05) is 13.1 Å². The Kier molecular flexibility index (Phi) is 3.97. The third-order valence-electron chi connectivity index (χ3n) is 2.67. The fraction of sp³-hybridized carbons (Fsp3) is 0.727. The molecule has 78 valence electrons. The lowest BCUT2D eigenvalue weighted by molar-refractivity contribution is -0.125. The Morgan fingerprint density at radius 1 is 1.71 bits per heavy atom. The van der Waals surface area contributed by atoms with Crippen molar-refractivity contribution in [2.45, 2.75) is 26.3 Å². The van der Waals surface area contributed by atoms with Crippen molar-refractivity contribution in [3.8, 4) is 12.3 Å². The van der Waals surface area contributed by atoms with Crippen LogP contribution in [0.3, 0.4) is 0 Å². The highest BCUT2D eigenvalue weighted by Gasteiger charge is 2.29. The molecule has 0 aromatic heterocycles. The molecule has 3 unspecified atom stereocenters. The number of rotatable bonds is 3. The van der Waals surface area contributed by atoms with Gasteiger partial charge in [0.1, 0.15) is 0 Å². The molecule has 0 bridgehead atoms. The van der Waals surface area contributed by atoms with Gasteiger partial charge < -0.3 is 10.6 Å². The highest BCUT2D eigenvalue weighted by molar-refractivity contribution is 5.79. The third-order valence-corrected chi connectivity index (χ3v) is 2.67. The van der Waals surface area contributed by atoms with Gasteiger partial charge in [0.25, 0.3) is 0 Å². The average molecular weight is 194 g/mol. The number of nitrogens with one attached hydrogen (secondary N) is 2. The van der Waals surface area contributed by atoms with Crippen LogP contribution in [0.5, 0.6) is 0 Å². The summed E-state index contributed by atoms with van der Waals surface area (Å²) in [6.07, 6.45) is 5.77. The number of carbonyl (C=O) groups is 1. The number of hydrogen-bond donors (Lipinski definition) is 2. The normalized spacial score (nSPS) is 28.1. The van der Waals surface area contributed by atoms with Crippen LogP contribution >= 0.6 is 0 Å². The van der Waals surface area contributed by atoms with Crippen LogP contribution < -0.4 is 10.6 Å². The first kappa shape index (κ1) is 11.1. The van der Waals surface area contributed by atoms with Gasteiger partial charge in [-0.3, -0.25) is 4.79 Å². The molecule has 2 N–H and O–H groups in total. The first-order valence-corrected chi connectivity index (χ1v) is 5.09. The molecular formula is C11H18N2O. The van der Waals surface area contributed by atoms with Crippen LogP contribution in [-0.4, -0.2) is 25.0 Å². The van der Waals surface area contributed by atoms with Crippen molar-refractivity contribution in [3.63, 3.8) is 0 Å². The molecule has 0 aromatic carbocycles. The zero-order chi connectivity index (χ0) is 10.6. The zero-order valence-electron chi connectivity index (χ0n) is 8.84. The predicted molar refractivity (Wildman–Crippen MR) is 56.6 cm³/mol. The van der Waals surface area contributed by atoms with E-state index in [1.807, 2.05) is 6.92 Å². The minimum Gasteiger partial charge on any atom is -0.352 e. The topological polar surface area (TPSA) is 41.1 Å². The van der Waals surface area contributed by atoms with Crippen LogP contribution in [0.15, 0.2) is 0 Å². The third kappa shape index (κ3) is 2.74. The molecule has 0 radical (unpaired) electrons. The Bertz CT molecular complexity index is 244. The van der Waals surface area contributed by atoms with Crippen LogP contribution in [0.1, 0.15) is 20.3 Å². The van der Waals surface area contributed by atoms with Crippen LogP contribution in [0, 0.1) is 24.2 Å². The molecule has 0 spiro atoms. The summed E-state index contributed by atoms with van der Waals surface area (Å²) in [6.45, 7) is 5.75. The maximum absolute atomic E-state index is 11.7.